The smallest absolute Gasteiger partial charge is 0.520 e. The molecule has 0 radical (unpaired) electrons. The Balaban J connectivity index is 1.58. The van der Waals surface area contributed by atoms with Crippen LogP contribution in [-0.4, -0.2) is 16.5 Å². The van der Waals surface area contributed by atoms with Crippen molar-refractivity contribution in [1.29, 1.82) is 0 Å². The van der Waals surface area contributed by atoms with Gasteiger partial charge in [-0.25, -0.2) is 4.98 Å². The fraction of sp³-hybridized carbons (Fsp3) is 0. The molecular formula is C35H23BN2O2. The van der Waals surface area contributed by atoms with Gasteiger partial charge in [0, 0.05) is 27.4 Å². The largest absolute Gasteiger partial charge is 0.632 e. The highest BCUT2D eigenvalue weighted by Crippen LogP contribution is 2.41. The Morgan fingerprint density at radius 1 is 0.625 bits per heavy atom. The maximum absolute atomic E-state index is 5.91. The number of aromatic nitrogens is 2. The Labute approximate surface area is 231 Å². The Bertz CT molecular complexity index is 2130. The summed E-state index contributed by atoms with van der Waals surface area (Å²) in [5, 5.41) is 5.77. The lowest BCUT2D eigenvalue weighted by atomic mass is 9.78. The first-order valence-corrected chi connectivity index (χ1v) is 13.3. The second kappa shape index (κ2) is 8.62. The number of pyridine rings is 1. The minimum Gasteiger partial charge on any atom is -0.520 e. The van der Waals surface area contributed by atoms with E-state index in [1.807, 2.05) is 12.1 Å². The summed E-state index contributed by atoms with van der Waals surface area (Å²) in [7, 11) is -0.593. The molecule has 40 heavy (non-hydrogen) atoms. The number of fused-ring (bicyclic) bond motifs is 8. The summed E-state index contributed by atoms with van der Waals surface area (Å²) in [6, 6.07) is 40.2. The zero-order valence-corrected chi connectivity index (χ0v) is 21.7. The first-order valence-electron chi connectivity index (χ1n) is 13.3. The van der Waals surface area contributed by atoms with Crippen molar-refractivity contribution in [2.45, 2.75) is 0 Å². The van der Waals surface area contributed by atoms with Crippen molar-refractivity contribution in [2.24, 2.45) is 0 Å². The van der Waals surface area contributed by atoms with Gasteiger partial charge in [0.2, 0.25) is 0 Å². The Hall–Kier alpha value is -5.29. The molecule has 0 spiro atoms. The van der Waals surface area contributed by atoms with Crippen LogP contribution in [0.3, 0.4) is 0 Å². The van der Waals surface area contributed by atoms with Crippen molar-refractivity contribution < 1.29 is 9.31 Å². The second-order valence-corrected chi connectivity index (χ2v) is 10.1. The standard InChI is InChI=1S/C35H23BN2O2/c1-22-23(2)40-36(39-22)27-18-20-29-30-19-17-24-11-9-10-16-28(24)32(30)35-37-33(25-12-5-3-6-13-25)34(38(35)31(29)21-27)26-14-7-4-8-15-26/h3-21H,1-2H2. The van der Waals surface area contributed by atoms with Crippen LogP contribution in [-0.2, 0) is 9.31 Å². The zero-order valence-electron chi connectivity index (χ0n) is 21.7. The maximum Gasteiger partial charge on any atom is 0.632 e. The molecule has 3 heterocycles. The Morgan fingerprint density at radius 3 is 2.02 bits per heavy atom. The van der Waals surface area contributed by atoms with Gasteiger partial charge in [-0.2, -0.15) is 0 Å². The third kappa shape index (κ3) is 3.31. The summed E-state index contributed by atoms with van der Waals surface area (Å²) in [5.74, 6) is 0.915. The summed E-state index contributed by atoms with van der Waals surface area (Å²) in [6.45, 7) is 7.84. The Kier molecular flexibility index (Phi) is 4.88. The number of imidazole rings is 1. The zero-order chi connectivity index (χ0) is 26.8. The van der Waals surface area contributed by atoms with Crippen molar-refractivity contribution in [2.75, 3.05) is 0 Å². The lowest BCUT2D eigenvalue weighted by Gasteiger charge is -2.15. The van der Waals surface area contributed by atoms with Crippen molar-refractivity contribution >= 4 is 50.7 Å². The Morgan fingerprint density at radius 2 is 1.27 bits per heavy atom. The van der Waals surface area contributed by atoms with Crippen LogP contribution < -0.4 is 5.46 Å². The average Bonchev–Trinajstić information content (AvgIpc) is 3.57. The van der Waals surface area contributed by atoms with Gasteiger partial charge in [-0.1, -0.05) is 122 Å². The van der Waals surface area contributed by atoms with Gasteiger partial charge in [0.1, 0.15) is 17.2 Å². The first-order chi connectivity index (χ1) is 19.7. The minimum absolute atomic E-state index is 0.458. The van der Waals surface area contributed by atoms with Gasteiger partial charge in [0.25, 0.3) is 0 Å². The SMILES string of the molecule is C=C1OB(c2ccc3c4ccc5ccccc5c4c4nc(-c5ccccc5)c(-c5ccccc5)n4c3c2)OC1=C. The molecule has 0 aliphatic carbocycles. The number of hydrogen-bond acceptors (Lipinski definition) is 3. The van der Waals surface area contributed by atoms with Crippen LogP contribution in [0.25, 0.3) is 60.6 Å². The maximum atomic E-state index is 5.91. The molecule has 0 N–H and O–H groups in total. The molecule has 2 aromatic heterocycles. The van der Waals surface area contributed by atoms with Crippen LogP contribution in [0, 0.1) is 0 Å². The lowest BCUT2D eigenvalue weighted by Crippen LogP contribution is -2.31. The van der Waals surface area contributed by atoms with Gasteiger partial charge >= 0.3 is 7.12 Å². The van der Waals surface area contributed by atoms with Crippen molar-refractivity contribution in [3.05, 3.63) is 140 Å². The monoisotopic (exact) mass is 514 g/mol. The van der Waals surface area contributed by atoms with Crippen molar-refractivity contribution in [3.63, 3.8) is 0 Å². The predicted octanol–water partition coefficient (Wildman–Crippen LogP) is 7.90. The molecule has 0 saturated carbocycles. The normalized spacial score (nSPS) is 13.4. The number of nitrogens with zero attached hydrogens (tertiary/aromatic N) is 2. The molecule has 1 aliphatic rings. The van der Waals surface area contributed by atoms with E-state index >= 15 is 0 Å². The van der Waals surface area contributed by atoms with E-state index in [0.717, 1.165) is 55.3 Å². The van der Waals surface area contributed by atoms with Crippen LogP contribution in [0.5, 0.6) is 0 Å². The summed E-state index contributed by atoms with van der Waals surface area (Å²) in [5.41, 5.74) is 6.97. The molecule has 7 aromatic rings. The highest BCUT2D eigenvalue weighted by atomic mass is 16.6. The van der Waals surface area contributed by atoms with E-state index in [9.17, 15) is 0 Å². The molecule has 1 fully saturated rings. The molecule has 1 aliphatic heterocycles. The van der Waals surface area contributed by atoms with Gasteiger partial charge in [-0.15, -0.1) is 0 Å². The lowest BCUT2D eigenvalue weighted by molar-refractivity contribution is 0.431. The molecule has 0 atom stereocenters. The molecule has 8 rings (SSSR count). The highest BCUT2D eigenvalue weighted by Gasteiger charge is 2.35. The first kappa shape index (κ1) is 22.7. The molecule has 4 nitrogen and oxygen atoms in total. The van der Waals surface area contributed by atoms with Gasteiger partial charge < -0.3 is 9.31 Å². The molecule has 0 unspecified atom stereocenters. The average molecular weight is 514 g/mol. The summed E-state index contributed by atoms with van der Waals surface area (Å²) in [6.07, 6.45) is 0. The summed E-state index contributed by atoms with van der Waals surface area (Å²) >= 11 is 0. The molecular weight excluding hydrogens is 491 g/mol. The quantitative estimate of drug-likeness (QED) is 0.178. The summed E-state index contributed by atoms with van der Waals surface area (Å²) in [4.78, 5) is 5.41. The van der Waals surface area contributed by atoms with E-state index < -0.39 is 7.12 Å². The molecule has 0 bridgehead atoms. The van der Waals surface area contributed by atoms with Crippen LogP contribution in [0.4, 0.5) is 0 Å². The minimum atomic E-state index is -0.593. The van der Waals surface area contributed by atoms with E-state index in [4.69, 9.17) is 14.3 Å². The van der Waals surface area contributed by atoms with E-state index in [1.165, 1.54) is 10.8 Å². The predicted molar refractivity (Wildman–Crippen MR) is 164 cm³/mol. The van der Waals surface area contributed by atoms with E-state index in [2.05, 4.69) is 121 Å². The van der Waals surface area contributed by atoms with E-state index in [-0.39, 0.29) is 0 Å². The molecule has 1 saturated heterocycles. The van der Waals surface area contributed by atoms with Gasteiger partial charge in [-0.05, 0) is 22.2 Å². The third-order valence-corrected chi connectivity index (χ3v) is 7.76. The van der Waals surface area contributed by atoms with Crippen LogP contribution >= 0.6 is 0 Å². The van der Waals surface area contributed by atoms with Crippen LogP contribution in [0.2, 0.25) is 0 Å². The molecule has 0 amide bonds. The highest BCUT2D eigenvalue weighted by molar-refractivity contribution is 6.63. The van der Waals surface area contributed by atoms with Crippen LogP contribution in [0.1, 0.15) is 0 Å². The van der Waals surface area contributed by atoms with Gasteiger partial charge in [0.05, 0.1) is 16.9 Å². The fourth-order valence-electron chi connectivity index (χ4n) is 5.88. The molecule has 5 aromatic carbocycles. The van der Waals surface area contributed by atoms with Crippen LogP contribution in [0.15, 0.2) is 140 Å². The number of benzene rings is 5. The van der Waals surface area contributed by atoms with Gasteiger partial charge in [-0.3, -0.25) is 4.40 Å². The van der Waals surface area contributed by atoms with E-state index in [1.54, 1.807) is 0 Å². The van der Waals surface area contributed by atoms with Crippen molar-refractivity contribution in [1.82, 2.24) is 9.38 Å². The second-order valence-electron chi connectivity index (χ2n) is 10.1. The summed E-state index contributed by atoms with van der Waals surface area (Å²) < 4.78 is 14.1. The topological polar surface area (TPSA) is 35.8 Å². The molecule has 5 heteroatoms. The van der Waals surface area contributed by atoms with Crippen molar-refractivity contribution in [3.8, 4) is 22.5 Å². The number of rotatable bonds is 3. The van der Waals surface area contributed by atoms with E-state index in [0.29, 0.717) is 11.5 Å². The number of hydrogen-bond donors (Lipinski definition) is 0. The third-order valence-electron chi connectivity index (χ3n) is 7.76. The fourth-order valence-corrected chi connectivity index (χ4v) is 5.88. The molecule has 188 valence electrons. The van der Waals surface area contributed by atoms with Gasteiger partial charge in [0.15, 0.2) is 0 Å².